The van der Waals surface area contributed by atoms with Gasteiger partial charge in [-0.1, -0.05) is 12.1 Å². The Hall–Kier alpha value is -2.48. The first-order valence-electron chi connectivity index (χ1n) is 8.82. The predicted octanol–water partition coefficient (Wildman–Crippen LogP) is 2.32. The predicted molar refractivity (Wildman–Crippen MR) is 93.0 cm³/mol. The molecule has 2 aromatic rings. The van der Waals surface area contributed by atoms with Crippen LogP contribution in [0.2, 0.25) is 0 Å². The third-order valence-corrected chi connectivity index (χ3v) is 5.63. The Bertz CT molecular complexity index is 883. The molecule has 0 aliphatic carbocycles. The van der Waals surface area contributed by atoms with Gasteiger partial charge in [0.2, 0.25) is 6.79 Å². The number of aromatic hydroxyl groups is 1. The molecular formula is C20H20O7. The zero-order valence-electron chi connectivity index (χ0n) is 14.8. The maximum Gasteiger partial charge on any atom is 0.231 e. The topological polar surface area (TPSA) is 86.6 Å². The SMILES string of the molecule is COc1cc(C2OCC3C(c4ccc5c(c4)OCO5)OCC23O)ccc1O. The van der Waals surface area contributed by atoms with Crippen LogP contribution in [0.5, 0.6) is 23.0 Å². The van der Waals surface area contributed by atoms with Gasteiger partial charge in [-0.15, -0.1) is 0 Å². The zero-order chi connectivity index (χ0) is 18.6. The van der Waals surface area contributed by atoms with E-state index >= 15 is 0 Å². The normalized spacial score (nSPS) is 31.1. The summed E-state index contributed by atoms with van der Waals surface area (Å²) in [4.78, 5) is 0. The molecule has 0 aromatic heterocycles. The van der Waals surface area contributed by atoms with Gasteiger partial charge in [-0.3, -0.25) is 0 Å². The number of hydrogen-bond acceptors (Lipinski definition) is 7. The van der Waals surface area contributed by atoms with Crippen molar-refractivity contribution in [3.05, 3.63) is 47.5 Å². The summed E-state index contributed by atoms with van der Waals surface area (Å²) < 4.78 is 28.0. The van der Waals surface area contributed by atoms with E-state index in [1.807, 2.05) is 18.2 Å². The van der Waals surface area contributed by atoms with E-state index in [-0.39, 0.29) is 31.2 Å². The van der Waals surface area contributed by atoms with E-state index in [4.69, 9.17) is 23.7 Å². The summed E-state index contributed by atoms with van der Waals surface area (Å²) >= 11 is 0. The van der Waals surface area contributed by atoms with Gasteiger partial charge in [0.1, 0.15) is 11.7 Å². The van der Waals surface area contributed by atoms with Gasteiger partial charge in [0.15, 0.2) is 23.0 Å². The third-order valence-electron chi connectivity index (χ3n) is 5.63. The Balaban J connectivity index is 1.45. The van der Waals surface area contributed by atoms with Crippen LogP contribution in [0.1, 0.15) is 23.3 Å². The molecule has 4 atom stereocenters. The molecule has 3 heterocycles. The molecule has 2 fully saturated rings. The van der Waals surface area contributed by atoms with E-state index in [9.17, 15) is 10.2 Å². The number of rotatable bonds is 3. The van der Waals surface area contributed by atoms with Crippen molar-refractivity contribution in [2.75, 3.05) is 27.1 Å². The number of phenols is 1. The van der Waals surface area contributed by atoms with Crippen LogP contribution in [0.4, 0.5) is 0 Å². The molecule has 3 aliphatic heterocycles. The highest BCUT2D eigenvalue weighted by molar-refractivity contribution is 5.46. The summed E-state index contributed by atoms with van der Waals surface area (Å²) in [6.07, 6.45) is -0.857. The van der Waals surface area contributed by atoms with Crippen molar-refractivity contribution in [1.82, 2.24) is 0 Å². The minimum absolute atomic E-state index is 0.0451. The lowest BCUT2D eigenvalue weighted by molar-refractivity contribution is -0.0628. The first kappa shape index (κ1) is 16.7. The molecule has 7 heteroatoms. The minimum atomic E-state index is -1.16. The minimum Gasteiger partial charge on any atom is -0.504 e. The molecule has 2 aromatic carbocycles. The number of methoxy groups -OCH3 is 1. The van der Waals surface area contributed by atoms with Crippen LogP contribution in [0, 0.1) is 5.92 Å². The molecule has 7 nitrogen and oxygen atoms in total. The van der Waals surface area contributed by atoms with E-state index in [1.54, 1.807) is 18.2 Å². The second-order valence-electron chi connectivity index (χ2n) is 7.09. The van der Waals surface area contributed by atoms with Gasteiger partial charge in [-0.2, -0.15) is 0 Å². The molecule has 0 amide bonds. The second-order valence-corrected chi connectivity index (χ2v) is 7.09. The van der Waals surface area contributed by atoms with E-state index in [1.165, 1.54) is 7.11 Å². The first-order chi connectivity index (χ1) is 13.1. The van der Waals surface area contributed by atoms with E-state index in [0.29, 0.717) is 23.9 Å². The second kappa shape index (κ2) is 6.02. The molecular weight excluding hydrogens is 352 g/mol. The smallest absolute Gasteiger partial charge is 0.231 e. The molecule has 142 valence electrons. The van der Waals surface area contributed by atoms with Crippen molar-refractivity contribution in [3.63, 3.8) is 0 Å². The molecule has 27 heavy (non-hydrogen) atoms. The van der Waals surface area contributed by atoms with Crippen molar-refractivity contribution in [2.45, 2.75) is 17.8 Å². The van der Waals surface area contributed by atoms with Gasteiger partial charge in [0, 0.05) is 5.92 Å². The fraction of sp³-hybridized carbons (Fsp3) is 0.400. The molecule has 0 radical (unpaired) electrons. The number of phenolic OH excluding ortho intramolecular Hbond substituents is 1. The standard InChI is InChI=1S/C20H20O7/c1-23-16-7-12(2-4-14(16)21)19-20(22)9-25-18(13(20)8-24-19)11-3-5-15-17(6-11)27-10-26-15/h2-7,13,18-19,21-22H,8-10H2,1H3. The summed E-state index contributed by atoms with van der Waals surface area (Å²) in [5.74, 6) is 1.56. The monoisotopic (exact) mass is 372 g/mol. The van der Waals surface area contributed by atoms with Crippen LogP contribution in [0.25, 0.3) is 0 Å². The average molecular weight is 372 g/mol. The summed E-state index contributed by atoms with van der Waals surface area (Å²) in [5, 5.41) is 21.2. The van der Waals surface area contributed by atoms with Crippen molar-refractivity contribution >= 4 is 0 Å². The number of benzene rings is 2. The number of hydrogen-bond donors (Lipinski definition) is 2. The van der Waals surface area contributed by atoms with Gasteiger partial charge in [0.05, 0.1) is 26.4 Å². The highest BCUT2D eigenvalue weighted by Crippen LogP contribution is 2.54. The Morgan fingerprint density at radius 2 is 1.85 bits per heavy atom. The molecule has 3 aliphatic rings. The molecule has 0 saturated carbocycles. The van der Waals surface area contributed by atoms with Gasteiger partial charge in [0.25, 0.3) is 0 Å². The number of fused-ring (bicyclic) bond motifs is 2. The van der Waals surface area contributed by atoms with Gasteiger partial charge >= 0.3 is 0 Å². The lowest BCUT2D eigenvalue weighted by Crippen LogP contribution is -2.39. The third kappa shape index (κ3) is 2.46. The quantitative estimate of drug-likeness (QED) is 0.855. The Morgan fingerprint density at radius 1 is 1.04 bits per heavy atom. The van der Waals surface area contributed by atoms with Crippen molar-refractivity contribution in [1.29, 1.82) is 0 Å². The van der Waals surface area contributed by atoms with Crippen LogP contribution in [-0.2, 0) is 9.47 Å². The van der Waals surface area contributed by atoms with Crippen molar-refractivity contribution in [2.24, 2.45) is 5.92 Å². The maximum atomic E-state index is 11.4. The lowest BCUT2D eigenvalue weighted by atomic mass is 9.81. The van der Waals surface area contributed by atoms with Gasteiger partial charge in [-0.05, 0) is 35.4 Å². The van der Waals surface area contributed by atoms with E-state index in [2.05, 4.69) is 0 Å². The van der Waals surface area contributed by atoms with Crippen LogP contribution < -0.4 is 14.2 Å². The largest absolute Gasteiger partial charge is 0.504 e. The summed E-state index contributed by atoms with van der Waals surface area (Å²) in [6, 6.07) is 10.7. The zero-order valence-corrected chi connectivity index (χ0v) is 14.8. The van der Waals surface area contributed by atoms with Crippen LogP contribution in [-0.4, -0.2) is 42.9 Å². The van der Waals surface area contributed by atoms with Crippen molar-refractivity contribution in [3.8, 4) is 23.0 Å². The van der Waals surface area contributed by atoms with E-state index in [0.717, 1.165) is 11.1 Å². The molecule has 2 saturated heterocycles. The number of aliphatic hydroxyl groups is 1. The molecule has 0 bridgehead atoms. The van der Waals surface area contributed by atoms with E-state index < -0.39 is 11.7 Å². The number of ether oxygens (including phenoxy) is 5. The summed E-state index contributed by atoms with van der Waals surface area (Å²) in [6.45, 7) is 0.736. The summed E-state index contributed by atoms with van der Waals surface area (Å²) in [7, 11) is 1.49. The molecule has 2 N–H and O–H groups in total. The highest BCUT2D eigenvalue weighted by atomic mass is 16.7. The van der Waals surface area contributed by atoms with Crippen molar-refractivity contribution < 1.29 is 33.9 Å². The lowest BCUT2D eigenvalue weighted by Gasteiger charge is -2.27. The molecule has 4 unspecified atom stereocenters. The maximum absolute atomic E-state index is 11.4. The molecule has 0 spiro atoms. The van der Waals surface area contributed by atoms with Gasteiger partial charge < -0.3 is 33.9 Å². The Labute approximate surface area is 156 Å². The Kier molecular flexibility index (Phi) is 3.72. The first-order valence-corrected chi connectivity index (χ1v) is 8.82. The van der Waals surface area contributed by atoms with Crippen LogP contribution in [0.3, 0.4) is 0 Å². The fourth-order valence-electron chi connectivity index (χ4n) is 4.22. The average Bonchev–Trinajstić information content (AvgIpc) is 3.35. The summed E-state index contributed by atoms with van der Waals surface area (Å²) in [5.41, 5.74) is 0.500. The Morgan fingerprint density at radius 3 is 2.70 bits per heavy atom. The van der Waals surface area contributed by atoms with Gasteiger partial charge in [-0.25, -0.2) is 0 Å². The van der Waals surface area contributed by atoms with Crippen LogP contribution in [0.15, 0.2) is 36.4 Å². The molecule has 5 rings (SSSR count). The van der Waals surface area contributed by atoms with Crippen LogP contribution >= 0.6 is 0 Å². The highest BCUT2D eigenvalue weighted by Gasteiger charge is 2.59. The fourth-order valence-corrected chi connectivity index (χ4v) is 4.22.